The lowest BCUT2D eigenvalue weighted by molar-refractivity contribution is -0.122. The third-order valence-electron chi connectivity index (χ3n) is 4.70. The fourth-order valence-electron chi connectivity index (χ4n) is 3.07. The number of thiocarbonyl (C=S) groups is 1. The van der Waals surface area contributed by atoms with E-state index in [1.54, 1.807) is 37.6 Å². The highest BCUT2D eigenvalue weighted by Crippen LogP contribution is 2.34. The molecule has 3 aromatic rings. The minimum atomic E-state index is -0.337. The molecule has 7 nitrogen and oxygen atoms in total. The number of ether oxygens (including phenoxy) is 2. The molecule has 0 N–H and O–H groups in total. The fraction of sp³-hybridized carbons (Fsp3) is 0.182. The van der Waals surface area contributed by atoms with Crippen LogP contribution in [0.3, 0.4) is 0 Å². The molecule has 0 aliphatic carbocycles. The van der Waals surface area contributed by atoms with Crippen molar-refractivity contribution >= 4 is 45.9 Å². The number of hydrogen-bond acceptors (Lipinski definition) is 7. The SMILES string of the molecule is COCCN1C(=O)/C(=C/c2c(Oc3ccccc3C)nc3ccccn3c2=O)SC1=S. The van der Waals surface area contributed by atoms with E-state index in [0.717, 1.165) is 17.3 Å². The minimum Gasteiger partial charge on any atom is -0.438 e. The number of para-hydroxylation sites is 1. The van der Waals surface area contributed by atoms with Crippen LogP contribution in [0.15, 0.2) is 58.4 Å². The Morgan fingerprint density at radius 1 is 1.16 bits per heavy atom. The molecular weight excluding hydrogens is 434 g/mol. The molecule has 0 saturated carbocycles. The van der Waals surface area contributed by atoms with E-state index in [4.69, 9.17) is 21.7 Å². The minimum absolute atomic E-state index is 0.132. The second-order valence-corrected chi connectivity index (χ2v) is 8.43. The van der Waals surface area contributed by atoms with Gasteiger partial charge in [0, 0.05) is 13.3 Å². The molecule has 0 atom stereocenters. The molecule has 1 aromatic carbocycles. The number of nitrogens with zero attached hydrogens (tertiary/aromatic N) is 3. The largest absolute Gasteiger partial charge is 0.438 e. The van der Waals surface area contributed by atoms with Gasteiger partial charge in [-0.3, -0.25) is 18.9 Å². The number of methoxy groups -OCH3 is 1. The molecule has 9 heteroatoms. The zero-order chi connectivity index (χ0) is 22.0. The number of pyridine rings is 1. The lowest BCUT2D eigenvalue weighted by Gasteiger charge is -2.13. The Morgan fingerprint density at radius 2 is 1.94 bits per heavy atom. The molecule has 1 fully saturated rings. The zero-order valence-corrected chi connectivity index (χ0v) is 18.5. The van der Waals surface area contributed by atoms with Crippen molar-refractivity contribution in [2.45, 2.75) is 6.92 Å². The Labute approximate surface area is 188 Å². The third-order valence-corrected chi connectivity index (χ3v) is 6.08. The van der Waals surface area contributed by atoms with Crippen molar-refractivity contribution in [1.29, 1.82) is 0 Å². The van der Waals surface area contributed by atoms with Crippen molar-refractivity contribution in [2.24, 2.45) is 0 Å². The number of rotatable bonds is 6. The highest BCUT2D eigenvalue weighted by Gasteiger charge is 2.32. The summed E-state index contributed by atoms with van der Waals surface area (Å²) >= 11 is 6.47. The maximum atomic E-state index is 13.3. The van der Waals surface area contributed by atoms with Crippen molar-refractivity contribution in [3.63, 3.8) is 0 Å². The van der Waals surface area contributed by atoms with Crippen molar-refractivity contribution in [1.82, 2.24) is 14.3 Å². The van der Waals surface area contributed by atoms with Crippen LogP contribution in [0.5, 0.6) is 11.6 Å². The Morgan fingerprint density at radius 3 is 2.71 bits per heavy atom. The van der Waals surface area contributed by atoms with Crippen LogP contribution in [-0.4, -0.2) is 44.8 Å². The lowest BCUT2D eigenvalue weighted by atomic mass is 10.2. The molecule has 0 unspecified atom stereocenters. The van der Waals surface area contributed by atoms with Crippen LogP contribution in [0.25, 0.3) is 11.7 Å². The average Bonchev–Trinajstić information content (AvgIpc) is 3.03. The molecule has 1 aliphatic heterocycles. The smallest absolute Gasteiger partial charge is 0.269 e. The summed E-state index contributed by atoms with van der Waals surface area (Å²) in [4.78, 5) is 32.5. The number of carbonyl (C=O) groups excluding carboxylic acids is 1. The predicted molar refractivity (Wildman–Crippen MR) is 124 cm³/mol. The number of aryl methyl sites for hydroxylation is 1. The standard InChI is InChI=1S/C22H19N3O4S2/c1-14-7-3-4-8-16(14)29-19-15(20(26)24-10-6-5-9-18(24)23-19)13-17-21(27)25(11-12-28-2)22(30)31-17/h3-10,13H,11-12H2,1-2H3/b17-13-. The number of carbonyl (C=O) groups is 1. The van der Waals surface area contributed by atoms with E-state index >= 15 is 0 Å². The van der Waals surface area contributed by atoms with Gasteiger partial charge in [-0.1, -0.05) is 48.2 Å². The first-order valence-corrected chi connectivity index (χ1v) is 10.7. The molecule has 0 bridgehead atoms. The normalized spacial score (nSPS) is 15.3. The highest BCUT2D eigenvalue weighted by molar-refractivity contribution is 8.26. The number of fused-ring (bicyclic) bond motifs is 1. The van der Waals surface area contributed by atoms with Gasteiger partial charge in [-0.2, -0.15) is 4.98 Å². The molecule has 1 saturated heterocycles. The summed E-state index contributed by atoms with van der Waals surface area (Å²) in [6.45, 7) is 2.62. The van der Waals surface area contributed by atoms with E-state index in [9.17, 15) is 9.59 Å². The van der Waals surface area contributed by atoms with E-state index < -0.39 is 0 Å². The van der Waals surface area contributed by atoms with E-state index in [1.165, 1.54) is 15.4 Å². The number of benzene rings is 1. The van der Waals surface area contributed by atoms with Crippen LogP contribution in [0.4, 0.5) is 0 Å². The fourth-order valence-corrected chi connectivity index (χ4v) is 4.36. The van der Waals surface area contributed by atoms with E-state index in [-0.39, 0.29) is 22.9 Å². The topological polar surface area (TPSA) is 73.1 Å². The molecule has 1 aliphatic rings. The van der Waals surface area contributed by atoms with Crippen LogP contribution < -0.4 is 10.3 Å². The molecule has 0 radical (unpaired) electrons. The summed E-state index contributed by atoms with van der Waals surface area (Å²) < 4.78 is 12.9. The van der Waals surface area contributed by atoms with Crippen LogP contribution in [0.2, 0.25) is 0 Å². The van der Waals surface area contributed by atoms with Gasteiger partial charge in [0.25, 0.3) is 11.5 Å². The maximum absolute atomic E-state index is 13.3. The summed E-state index contributed by atoms with van der Waals surface area (Å²) in [7, 11) is 1.56. The van der Waals surface area contributed by atoms with Crippen LogP contribution in [0.1, 0.15) is 11.1 Å². The molecule has 1 amide bonds. The second kappa shape index (κ2) is 9.01. The first kappa shape index (κ1) is 21.2. The van der Waals surface area contributed by atoms with Gasteiger partial charge in [-0.25, -0.2) is 0 Å². The number of thioether (sulfide) groups is 1. The Bertz CT molecular complexity index is 1270. The first-order valence-electron chi connectivity index (χ1n) is 9.49. The number of aromatic nitrogens is 2. The van der Waals surface area contributed by atoms with Gasteiger partial charge in [0.2, 0.25) is 5.88 Å². The number of hydrogen-bond donors (Lipinski definition) is 0. The van der Waals surface area contributed by atoms with Gasteiger partial charge >= 0.3 is 0 Å². The molecule has 0 spiro atoms. The van der Waals surface area contributed by atoms with Gasteiger partial charge in [-0.15, -0.1) is 0 Å². The van der Waals surface area contributed by atoms with E-state index in [2.05, 4.69) is 4.98 Å². The van der Waals surface area contributed by atoms with Crippen molar-refractivity contribution in [3.05, 3.63) is 75.0 Å². The summed E-state index contributed by atoms with van der Waals surface area (Å²) in [5.74, 6) is 0.441. The van der Waals surface area contributed by atoms with Crippen LogP contribution in [0, 0.1) is 6.92 Å². The summed E-state index contributed by atoms with van der Waals surface area (Å²) in [6.07, 6.45) is 3.14. The molecule has 158 valence electrons. The van der Waals surface area contributed by atoms with Gasteiger partial charge in [-0.05, 0) is 36.8 Å². The van der Waals surface area contributed by atoms with Crippen LogP contribution in [-0.2, 0) is 9.53 Å². The Hall–Kier alpha value is -3.01. The number of amides is 1. The van der Waals surface area contributed by atoms with Crippen LogP contribution >= 0.6 is 24.0 Å². The van der Waals surface area contributed by atoms with E-state index in [0.29, 0.717) is 33.8 Å². The summed E-state index contributed by atoms with van der Waals surface area (Å²) in [5, 5.41) is 0. The first-order chi connectivity index (χ1) is 15.0. The molecule has 4 rings (SSSR count). The zero-order valence-electron chi connectivity index (χ0n) is 16.9. The molecule has 3 heterocycles. The maximum Gasteiger partial charge on any atom is 0.269 e. The summed E-state index contributed by atoms with van der Waals surface area (Å²) in [6, 6.07) is 12.7. The van der Waals surface area contributed by atoms with Gasteiger partial charge in [0.05, 0.1) is 18.1 Å². The average molecular weight is 454 g/mol. The summed E-state index contributed by atoms with van der Waals surface area (Å²) in [5.41, 5.74) is 1.19. The third kappa shape index (κ3) is 4.25. The van der Waals surface area contributed by atoms with E-state index in [1.807, 2.05) is 25.1 Å². The van der Waals surface area contributed by atoms with Gasteiger partial charge in [0.15, 0.2) is 0 Å². The van der Waals surface area contributed by atoms with Crippen molar-refractivity contribution in [3.8, 4) is 11.6 Å². The Balaban J connectivity index is 1.83. The molecule has 31 heavy (non-hydrogen) atoms. The van der Waals surface area contributed by atoms with Gasteiger partial charge in [0.1, 0.15) is 21.3 Å². The molecule has 2 aromatic heterocycles. The predicted octanol–water partition coefficient (Wildman–Crippen LogP) is 3.64. The second-order valence-electron chi connectivity index (χ2n) is 6.76. The quantitative estimate of drug-likeness (QED) is 0.417. The lowest BCUT2D eigenvalue weighted by Crippen LogP contribution is -2.31. The highest BCUT2D eigenvalue weighted by atomic mass is 32.2. The van der Waals surface area contributed by atoms with Crippen molar-refractivity contribution in [2.75, 3.05) is 20.3 Å². The Kier molecular flexibility index (Phi) is 6.17. The monoisotopic (exact) mass is 453 g/mol. The van der Waals surface area contributed by atoms with Crippen molar-refractivity contribution < 1.29 is 14.3 Å². The molecular formula is C22H19N3O4S2. The van der Waals surface area contributed by atoms with Gasteiger partial charge < -0.3 is 9.47 Å².